The number of rotatable bonds is 1. The summed E-state index contributed by atoms with van der Waals surface area (Å²) in [5.74, 6) is 0.0908. The zero-order valence-corrected chi connectivity index (χ0v) is 7.35. The molecule has 4 heteroatoms. The number of carboxylic acid groups (broad SMARTS) is 1. The highest BCUT2D eigenvalue weighted by atomic mass is 16.4. The van der Waals surface area contributed by atoms with Crippen molar-refractivity contribution < 1.29 is 14.7 Å². The minimum absolute atomic E-state index is 0.0908. The van der Waals surface area contributed by atoms with Gasteiger partial charge in [0.2, 0.25) is 0 Å². The van der Waals surface area contributed by atoms with Crippen LogP contribution in [0.15, 0.2) is 0 Å². The zero-order chi connectivity index (χ0) is 9.42. The van der Waals surface area contributed by atoms with Crippen LogP contribution in [0.2, 0.25) is 0 Å². The summed E-state index contributed by atoms with van der Waals surface area (Å²) in [7, 11) is 0. The number of hydrogen-bond acceptors (Lipinski definition) is 2. The molecular formula is C9H13NO3. The highest BCUT2D eigenvalue weighted by Crippen LogP contribution is 2.37. The van der Waals surface area contributed by atoms with E-state index in [-0.39, 0.29) is 18.0 Å². The summed E-state index contributed by atoms with van der Waals surface area (Å²) in [6, 6.07) is 0.206. The van der Waals surface area contributed by atoms with E-state index >= 15 is 0 Å². The fourth-order valence-corrected chi connectivity index (χ4v) is 2.64. The summed E-state index contributed by atoms with van der Waals surface area (Å²) in [6.45, 7) is 0. The summed E-state index contributed by atoms with van der Waals surface area (Å²) in [6.07, 6.45) is 3.47. The molecule has 2 heterocycles. The van der Waals surface area contributed by atoms with E-state index in [1.165, 1.54) is 0 Å². The average molecular weight is 183 g/mol. The average Bonchev–Trinajstić information content (AvgIpc) is 2.37. The number of fused-ring (bicyclic) bond motifs is 2. The van der Waals surface area contributed by atoms with Crippen LogP contribution in [0.4, 0.5) is 4.79 Å². The van der Waals surface area contributed by atoms with Crippen molar-refractivity contribution in [3.63, 3.8) is 0 Å². The molecule has 1 unspecified atom stereocenters. The first-order valence-electron chi connectivity index (χ1n) is 4.69. The lowest BCUT2D eigenvalue weighted by Crippen LogP contribution is -2.46. The lowest BCUT2D eigenvalue weighted by Gasteiger charge is -2.34. The molecule has 0 aliphatic carbocycles. The predicted molar refractivity (Wildman–Crippen MR) is 45.5 cm³/mol. The Balaban J connectivity index is 2.12. The number of hydrogen-bond donors (Lipinski definition) is 1. The maximum atomic E-state index is 10.8. The predicted octanol–water partition coefficient (Wildman–Crippen LogP) is 1.11. The van der Waals surface area contributed by atoms with Crippen LogP contribution >= 0.6 is 0 Å². The van der Waals surface area contributed by atoms with Crippen molar-refractivity contribution in [3.8, 4) is 0 Å². The standard InChI is InChI=1S/C9H13NO3/c11-5-6-3-7-1-2-8(4-6)10(7)9(12)13/h5-8H,1-4H2,(H,12,13)/t6?,7-,8+. The van der Waals surface area contributed by atoms with Crippen LogP contribution < -0.4 is 0 Å². The molecule has 1 amide bonds. The molecule has 0 radical (unpaired) electrons. The summed E-state index contributed by atoms with van der Waals surface area (Å²) in [5.41, 5.74) is 0. The Hall–Kier alpha value is -1.06. The van der Waals surface area contributed by atoms with E-state index < -0.39 is 6.09 Å². The minimum Gasteiger partial charge on any atom is -0.465 e. The van der Waals surface area contributed by atoms with Gasteiger partial charge in [0.1, 0.15) is 6.29 Å². The minimum atomic E-state index is -0.822. The number of amides is 1. The molecule has 0 aromatic heterocycles. The van der Waals surface area contributed by atoms with Crippen LogP contribution in [0, 0.1) is 5.92 Å². The first-order valence-corrected chi connectivity index (χ1v) is 4.69. The van der Waals surface area contributed by atoms with E-state index in [9.17, 15) is 9.59 Å². The molecule has 4 nitrogen and oxygen atoms in total. The SMILES string of the molecule is O=CC1C[C@H]2CC[C@@H](C1)N2C(=O)O. The van der Waals surface area contributed by atoms with Crippen LogP contribution in [0.25, 0.3) is 0 Å². The second-order valence-electron chi connectivity index (χ2n) is 3.94. The van der Waals surface area contributed by atoms with Crippen molar-refractivity contribution in [1.29, 1.82) is 0 Å². The van der Waals surface area contributed by atoms with Gasteiger partial charge in [-0.1, -0.05) is 0 Å². The van der Waals surface area contributed by atoms with E-state index in [0.717, 1.165) is 32.0 Å². The van der Waals surface area contributed by atoms with Gasteiger partial charge in [0.05, 0.1) is 0 Å². The smallest absolute Gasteiger partial charge is 0.407 e. The number of aldehydes is 1. The topological polar surface area (TPSA) is 57.6 Å². The van der Waals surface area contributed by atoms with Crippen LogP contribution in [0.1, 0.15) is 25.7 Å². The Labute approximate surface area is 76.5 Å². The van der Waals surface area contributed by atoms with Gasteiger partial charge >= 0.3 is 6.09 Å². The van der Waals surface area contributed by atoms with E-state index in [0.29, 0.717) is 0 Å². The van der Waals surface area contributed by atoms with Gasteiger partial charge in [-0.2, -0.15) is 0 Å². The Kier molecular flexibility index (Phi) is 1.98. The lowest BCUT2D eigenvalue weighted by molar-refractivity contribution is -0.113. The van der Waals surface area contributed by atoms with Gasteiger partial charge in [0.15, 0.2) is 0 Å². The maximum absolute atomic E-state index is 10.8. The first-order chi connectivity index (χ1) is 6.22. The van der Waals surface area contributed by atoms with Crippen LogP contribution in [0.5, 0.6) is 0 Å². The highest BCUT2D eigenvalue weighted by Gasteiger charge is 2.43. The molecule has 2 rings (SSSR count). The lowest BCUT2D eigenvalue weighted by atomic mass is 9.92. The fourth-order valence-electron chi connectivity index (χ4n) is 2.64. The van der Waals surface area contributed by atoms with Crippen molar-refractivity contribution in [2.75, 3.05) is 0 Å². The molecule has 72 valence electrons. The Bertz CT molecular complexity index is 227. The van der Waals surface area contributed by atoms with Crippen molar-refractivity contribution >= 4 is 12.4 Å². The molecule has 2 aliphatic rings. The molecule has 0 saturated carbocycles. The first kappa shape index (κ1) is 8.53. The molecule has 2 aliphatic heterocycles. The summed E-state index contributed by atoms with van der Waals surface area (Å²) >= 11 is 0. The van der Waals surface area contributed by atoms with Crippen molar-refractivity contribution in [2.24, 2.45) is 5.92 Å². The third kappa shape index (κ3) is 1.30. The van der Waals surface area contributed by atoms with Crippen molar-refractivity contribution in [2.45, 2.75) is 37.8 Å². The summed E-state index contributed by atoms with van der Waals surface area (Å²) < 4.78 is 0. The van der Waals surface area contributed by atoms with Crippen LogP contribution in [-0.4, -0.2) is 34.5 Å². The van der Waals surface area contributed by atoms with Gasteiger partial charge in [-0.15, -0.1) is 0 Å². The second-order valence-corrected chi connectivity index (χ2v) is 3.94. The van der Waals surface area contributed by atoms with Crippen LogP contribution in [-0.2, 0) is 4.79 Å². The summed E-state index contributed by atoms with van der Waals surface area (Å²) in [4.78, 5) is 23.0. The zero-order valence-electron chi connectivity index (χ0n) is 7.35. The van der Waals surface area contributed by atoms with Gasteiger partial charge in [-0.05, 0) is 25.7 Å². The second kappa shape index (κ2) is 3.01. The van der Waals surface area contributed by atoms with Crippen molar-refractivity contribution in [3.05, 3.63) is 0 Å². The summed E-state index contributed by atoms with van der Waals surface area (Å²) in [5, 5.41) is 8.92. The molecule has 3 atom stereocenters. The number of carbonyl (C=O) groups excluding carboxylic acids is 1. The van der Waals surface area contributed by atoms with Gasteiger partial charge < -0.3 is 14.8 Å². The third-order valence-electron chi connectivity index (χ3n) is 3.18. The largest absolute Gasteiger partial charge is 0.465 e. The monoisotopic (exact) mass is 183 g/mol. The molecule has 2 fully saturated rings. The van der Waals surface area contributed by atoms with E-state index in [4.69, 9.17) is 5.11 Å². The molecule has 0 aromatic rings. The molecule has 1 N–H and O–H groups in total. The molecule has 13 heavy (non-hydrogen) atoms. The molecular weight excluding hydrogens is 170 g/mol. The van der Waals surface area contributed by atoms with Crippen LogP contribution in [0.3, 0.4) is 0 Å². The molecule has 0 aromatic carbocycles. The van der Waals surface area contributed by atoms with Gasteiger partial charge in [0.25, 0.3) is 0 Å². The molecule has 2 bridgehead atoms. The third-order valence-corrected chi connectivity index (χ3v) is 3.18. The quantitative estimate of drug-likeness (QED) is 0.619. The van der Waals surface area contributed by atoms with Gasteiger partial charge in [-0.3, -0.25) is 0 Å². The fraction of sp³-hybridized carbons (Fsp3) is 0.778. The van der Waals surface area contributed by atoms with E-state index in [2.05, 4.69) is 0 Å². The number of carbonyl (C=O) groups is 2. The Morgan fingerprint density at radius 3 is 2.23 bits per heavy atom. The Morgan fingerprint density at radius 2 is 1.85 bits per heavy atom. The normalized spacial score (nSPS) is 37.5. The van der Waals surface area contributed by atoms with E-state index in [1.54, 1.807) is 4.90 Å². The van der Waals surface area contributed by atoms with Crippen molar-refractivity contribution in [1.82, 2.24) is 4.90 Å². The highest BCUT2D eigenvalue weighted by molar-refractivity contribution is 5.67. The van der Waals surface area contributed by atoms with Gasteiger partial charge in [-0.25, -0.2) is 4.79 Å². The van der Waals surface area contributed by atoms with E-state index in [1.807, 2.05) is 0 Å². The molecule has 2 saturated heterocycles. The van der Waals surface area contributed by atoms with Gasteiger partial charge in [0, 0.05) is 18.0 Å². The Morgan fingerprint density at radius 1 is 1.31 bits per heavy atom. The number of piperidine rings is 1. The molecule has 0 spiro atoms. The maximum Gasteiger partial charge on any atom is 0.407 e. The number of nitrogens with zero attached hydrogens (tertiary/aromatic N) is 1.